The van der Waals surface area contributed by atoms with Gasteiger partial charge >= 0.3 is 0 Å². The summed E-state index contributed by atoms with van der Waals surface area (Å²) < 4.78 is 0. The summed E-state index contributed by atoms with van der Waals surface area (Å²) in [5, 5.41) is 4.61. The number of benzene rings is 2. The van der Waals surface area contributed by atoms with Crippen LogP contribution in [0.3, 0.4) is 0 Å². The molecule has 1 unspecified atom stereocenters. The van der Waals surface area contributed by atoms with Crippen LogP contribution in [0.5, 0.6) is 0 Å². The van der Waals surface area contributed by atoms with Gasteiger partial charge in [0.15, 0.2) is 0 Å². The van der Waals surface area contributed by atoms with Crippen molar-refractivity contribution in [2.24, 2.45) is 0 Å². The normalized spacial score (nSPS) is 12.3. The molecule has 1 atom stereocenters. The second-order valence-electron chi connectivity index (χ2n) is 5.33. The summed E-state index contributed by atoms with van der Waals surface area (Å²) in [6.07, 6.45) is 0. The average Bonchev–Trinajstić information content (AvgIpc) is 2.49. The lowest BCUT2D eigenvalue weighted by atomic mass is 10.2. The molecule has 0 fully saturated rings. The van der Waals surface area contributed by atoms with E-state index in [0.29, 0.717) is 27.3 Å². The summed E-state index contributed by atoms with van der Waals surface area (Å²) in [4.78, 5) is 14.3. The van der Waals surface area contributed by atoms with E-state index in [-0.39, 0.29) is 11.9 Å². The minimum absolute atomic E-state index is 0.111. The van der Waals surface area contributed by atoms with Gasteiger partial charge in [0.25, 0.3) is 0 Å². The summed E-state index contributed by atoms with van der Waals surface area (Å²) in [7, 11) is 1.87. The first kappa shape index (κ1) is 18.1. The molecule has 2 aromatic carbocycles. The van der Waals surface area contributed by atoms with E-state index in [1.807, 2.05) is 24.9 Å². The quantitative estimate of drug-likeness (QED) is 0.792. The van der Waals surface area contributed by atoms with Crippen LogP contribution in [0, 0.1) is 0 Å². The first-order valence-corrected chi connectivity index (χ1v) is 8.21. The van der Waals surface area contributed by atoms with Gasteiger partial charge in [-0.1, -0.05) is 46.9 Å². The second kappa shape index (κ2) is 8.02. The predicted octanol–water partition coefficient (Wildman–Crippen LogP) is 5.11. The van der Waals surface area contributed by atoms with E-state index >= 15 is 0 Å². The highest BCUT2D eigenvalue weighted by Gasteiger charge is 2.19. The van der Waals surface area contributed by atoms with E-state index in [4.69, 9.17) is 34.8 Å². The Labute approximate surface area is 151 Å². The van der Waals surface area contributed by atoms with Crippen LogP contribution < -0.4 is 5.32 Å². The fourth-order valence-corrected chi connectivity index (χ4v) is 2.73. The molecule has 0 radical (unpaired) electrons. The third-order valence-corrected chi connectivity index (χ3v) is 4.39. The van der Waals surface area contributed by atoms with Crippen molar-refractivity contribution in [1.29, 1.82) is 0 Å². The van der Waals surface area contributed by atoms with Crippen molar-refractivity contribution in [3.63, 3.8) is 0 Å². The second-order valence-corrected chi connectivity index (χ2v) is 6.61. The minimum atomic E-state index is -0.333. The van der Waals surface area contributed by atoms with Gasteiger partial charge in [0.2, 0.25) is 5.91 Å². The van der Waals surface area contributed by atoms with Crippen molar-refractivity contribution < 1.29 is 4.79 Å². The van der Waals surface area contributed by atoms with Gasteiger partial charge in [0.1, 0.15) is 0 Å². The third-order valence-electron chi connectivity index (χ3n) is 3.57. The highest BCUT2D eigenvalue weighted by molar-refractivity contribution is 6.35. The van der Waals surface area contributed by atoms with Gasteiger partial charge in [-0.05, 0) is 49.9 Å². The van der Waals surface area contributed by atoms with Gasteiger partial charge in [-0.2, -0.15) is 0 Å². The van der Waals surface area contributed by atoms with Crippen LogP contribution in [0.4, 0.5) is 5.69 Å². The molecule has 2 aromatic rings. The Balaban J connectivity index is 2.01. The molecule has 0 aliphatic heterocycles. The van der Waals surface area contributed by atoms with Crippen LogP contribution in [0.2, 0.25) is 15.1 Å². The zero-order valence-corrected chi connectivity index (χ0v) is 15.1. The van der Waals surface area contributed by atoms with Crippen molar-refractivity contribution in [3.05, 3.63) is 63.1 Å². The van der Waals surface area contributed by atoms with Crippen molar-refractivity contribution >= 4 is 46.4 Å². The molecule has 0 aliphatic rings. The van der Waals surface area contributed by atoms with Gasteiger partial charge in [0, 0.05) is 27.3 Å². The van der Waals surface area contributed by atoms with E-state index in [1.54, 1.807) is 36.4 Å². The number of carbonyl (C=O) groups is 1. The molecule has 1 N–H and O–H groups in total. The fraction of sp³-hybridized carbons (Fsp3) is 0.235. The lowest BCUT2D eigenvalue weighted by Gasteiger charge is -2.24. The number of halogens is 3. The Hall–Kier alpha value is -1.26. The largest absolute Gasteiger partial charge is 0.325 e. The smallest absolute Gasteiger partial charge is 0.241 e. The van der Waals surface area contributed by atoms with Crippen LogP contribution in [0.15, 0.2) is 42.5 Å². The molecule has 1 amide bonds. The Morgan fingerprint density at radius 1 is 1.13 bits per heavy atom. The van der Waals surface area contributed by atoms with Crippen molar-refractivity contribution in [2.45, 2.75) is 19.5 Å². The zero-order valence-electron chi connectivity index (χ0n) is 12.8. The Bertz CT molecular complexity index is 706. The molecular weight excluding hydrogens is 355 g/mol. The molecule has 23 heavy (non-hydrogen) atoms. The molecule has 0 aliphatic carbocycles. The maximum Gasteiger partial charge on any atom is 0.241 e. The van der Waals surface area contributed by atoms with Gasteiger partial charge < -0.3 is 5.32 Å². The van der Waals surface area contributed by atoms with Gasteiger partial charge in [0.05, 0.1) is 6.04 Å². The monoisotopic (exact) mass is 370 g/mol. The number of nitrogens with zero attached hydrogens (tertiary/aromatic N) is 1. The van der Waals surface area contributed by atoms with Crippen LogP contribution in [-0.2, 0) is 11.3 Å². The molecule has 0 heterocycles. The van der Waals surface area contributed by atoms with E-state index in [2.05, 4.69) is 5.32 Å². The molecule has 0 spiro atoms. The Morgan fingerprint density at radius 3 is 2.48 bits per heavy atom. The van der Waals surface area contributed by atoms with E-state index in [0.717, 1.165) is 5.56 Å². The lowest BCUT2D eigenvalue weighted by Crippen LogP contribution is -2.39. The summed E-state index contributed by atoms with van der Waals surface area (Å²) >= 11 is 18.0. The molecule has 2 rings (SSSR count). The first-order valence-electron chi connectivity index (χ1n) is 7.07. The van der Waals surface area contributed by atoms with Crippen LogP contribution in [0.25, 0.3) is 0 Å². The van der Waals surface area contributed by atoms with E-state index in [9.17, 15) is 4.79 Å². The van der Waals surface area contributed by atoms with Gasteiger partial charge in [-0.25, -0.2) is 0 Å². The highest BCUT2D eigenvalue weighted by Crippen LogP contribution is 2.23. The van der Waals surface area contributed by atoms with Crippen LogP contribution in [-0.4, -0.2) is 23.9 Å². The molecular formula is C17H17Cl3N2O. The van der Waals surface area contributed by atoms with Gasteiger partial charge in [-0.15, -0.1) is 0 Å². The average molecular weight is 372 g/mol. The number of carbonyl (C=O) groups excluding carboxylic acids is 1. The molecule has 122 valence electrons. The summed E-state index contributed by atoms with van der Waals surface area (Å²) in [5.41, 5.74) is 1.59. The standard InChI is InChI=1S/C17H17Cl3N2O/c1-11(17(23)21-15-5-3-4-13(18)8-15)22(2)10-12-6-7-14(19)9-16(12)20/h3-9,11H,10H2,1-2H3,(H,21,23). The Morgan fingerprint density at radius 2 is 1.83 bits per heavy atom. The van der Waals surface area contributed by atoms with E-state index < -0.39 is 0 Å². The number of hydrogen-bond donors (Lipinski definition) is 1. The molecule has 0 aromatic heterocycles. The zero-order chi connectivity index (χ0) is 17.0. The number of nitrogens with one attached hydrogen (secondary N) is 1. The molecule has 0 saturated heterocycles. The topological polar surface area (TPSA) is 32.3 Å². The molecule has 0 saturated carbocycles. The maximum absolute atomic E-state index is 12.3. The predicted molar refractivity (Wildman–Crippen MR) is 97.5 cm³/mol. The summed E-state index contributed by atoms with van der Waals surface area (Å²) in [6, 6.07) is 12.1. The first-order chi connectivity index (χ1) is 10.9. The van der Waals surface area contributed by atoms with E-state index in [1.165, 1.54) is 0 Å². The third kappa shape index (κ3) is 5.11. The summed E-state index contributed by atoms with van der Waals surface area (Å²) in [6.45, 7) is 2.38. The molecule has 3 nitrogen and oxygen atoms in total. The van der Waals surface area contributed by atoms with Crippen molar-refractivity contribution in [2.75, 3.05) is 12.4 Å². The maximum atomic E-state index is 12.3. The number of hydrogen-bond acceptors (Lipinski definition) is 2. The SMILES string of the molecule is CC(C(=O)Nc1cccc(Cl)c1)N(C)Cc1ccc(Cl)cc1Cl. The van der Waals surface area contributed by atoms with Crippen LogP contribution >= 0.6 is 34.8 Å². The molecule has 0 bridgehead atoms. The Kier molecular flexibility index (Phi) is 6.31. The number of rotatable bonds is 5. The van der Waals surface area contributed by atoms with Crippen molar-refractivity contribution in [1.82, 2.24) is 4.90 Å². The highest BCUT2D eigenvalue weighted by atomic mass is 35.5. The summed E-state index contributed by atoms with van der Waals surface area (Å²) in [5.74, 6) is -0.111. The number of likely N-dealkylation sites (N-methyl/N-ethyl adjacent to an activating group) is 1. The number of amides is 1. The molecule has 6 heteroatoms. The van der Waals surface area contributed by atoms with Crippen molar-refractivity contribution in [3.8, 4) is 0 Å². The van der Waals surface area contributed by atoms with Crippen LogP contribution in [0.1, 0.15) is 12.5 Å². The minimum Gasteiger partial charge on any atom is -0.325 e. The van der Waals surface area contributed by atoms with Gasteiger partial charge in [-0.3, -0.25) is 9.69 Å². The lowest BCUT2D eigenvalue weighted by molar-refractivity contribution is -0.120. The number of anilines is 1. The fourth-order valence-electron chi connectivity index (χ4n) is 2.07.